The maximum Gasteiger partial charge on any atom is -0.0149 e. The normalized spacial score (nSPS) is 5.83. The fraction of sp³-hybridized carbons (Fsp3) is 0. The predicted molar refractivity (Wildman–Crippen MR) is 29.4 cm³/mol. The van der Waals surface area contributed by atoms with Crippen molar-refractivity contribution in [2.75, 3.05) is 0 Å². The Kier molecular flexibility index (Phi) is 25.2. The minimum Gasteiger partial charge on any atom is -0.0149 e. The van der Waals surface area contributed by atoms with Crippen molar-refractivity contribution in [3.63, 3.8) is 0 Å². The van der Waals surface area contributed by atoms with E-state index >= 15 is 0 Å². The molecule has 3 nitrogen and oxygen atoms in total. The third kappa shape index (κ3) is 51.1. The van der Waals surface area contributed by atoms with Gasteiger partial charge in [-0.2, -0.15) is 0 Å². The summed E-state index contributed by atoms with van der Waals surface area (Å²) in [5.74, 6) is 0. The van der Waals surface area contributed by atoms with Crippen LogP contribution in [0.25, 0.3) is 0 Å². The molecular formula is H7NaO3SeSi. The number of rotatable bonds is 0. The summed E-state index contributed by atoms with van der Waals surface area (Å²) >= 11 is -3.29. The van der Waals surface area contributed by atoms with Gasteiger partial charge in [-0.25, -0.2) is 0 Å². The van der Waals surface area contributed by atoms with E-state index in [9.17, 15) is 0 Å². The minimum absolute atomic E-state index is 0. The minimum atomic E-state index is -3.29. The van der Waals surface area contributed by atoms with Crippen LogP contribution < -0.4 is 0 Å². The Balaban J connectivity index is -0.0000000450. The average Bonchev–Trinajstić information content (AvgIpc) is 0.811. The van der Waals surface area contributed by atoms with E-state index in [2.05, 4.69) is 0 Å². The molecule has 0 saturated heterocycles. The molecule has 0 heterocycles. The topological polar surface area (TPSA) is 57.5 Å². The van der Waals surface area contributed by atoms with Crippen molar-refractivity contribution in [2.24, 2.45) is 0 Å². The van der Waals surface area contributed by atoms with Gasteiger partial charge >= 0.3 is 56.3 Å². The first-order chi connectivity index (χ1) is 1.73. The van der Waals surface area contributed by atoms with Gasteiger partial charge in [0.05, 0.1) is 0 Å². The molecule has 36 valence electrons. The summed E-state index contributed by atoms with van der Waals surface area (Å²) in [7, 11) is 0. The molecule has 0 bridgehead atoms. The van der Waals surface area contributed by atoms with Crippen molar-refractivity contribution in [3.8, 4) is 0 Å². The van der Waals surface area contributed by atoms with Crippen molar-refractivity contribution in [1.82, 2.24) is 0 Å². The summed E-state index contributed by atoms with van der Waals surface area (Å²) in [6.45, 7) is 0. The Morgan fingerprint density at radius 1 is 1.33 bits per heavy atom. The van der Waals surface area contributed by atoms with E-state index < -0.39 is 14.5 Å². The molecule has 0 radical (unpaired) electrons. The van der Waals surface area contributed by atoms with Crippen LogP contribution in [0.1, 0.15) is 0 Å². The molecule has 0 spiro atoms. The smallest absolute Gasteiger partial charge is 0.0149 e. The molecule has 0 aromatic carbocycles. The van der Waals surface area contributed by atoms with Crippen molar-refractivity contribution in [1.29, 1.82) is 0 Å². The van der Waals surface area contributed by atoms with Crippen LogP contribution in [-0.4, -0.2) is 63.4 Å². The summed E-state index contributed by atoms with van der Waals surface area (Å²) in [6.07, 6.45) is 0. The Morgan fingerprint density at radius 3 is 1.33 bits per heavy atom. The first kappa shape index (κ1) is 15.7. The molecular weight excluding hydrogens is 178 g/mol. The molecule has 0 aliphatic rings. The van der Waals surface area contributed by atoms with Crippen LogP contribution in [-0.2, 0) is 3.83 Å². The summed E-state index contributed by atoms with van der Waals surface area (Å²) in [4.78, 5) is 0. The van der Waals surface area contributed by atoms with Crippen LogP contribution in [0.5, 0.6) is 0 Å². The molecule has 0 unspecified atom stereocenters. The van der Waals surface area contributed by atoms with Gasteiger partial charge in [0.25, 0.3) is 0 Å². The van der Waals surface area contributed by atoms with Crippen LogP contribution in [0.3, 0.4) is 0 Å². The summed E-state index contributed by atoms with van der Waals surface area (Å²) < 4.78 is 23.1. The van der Waals surface area contributed by atoms with Gasteiger partial charge in [0.1, 0.15) is 0 Å². The van der Waals surface area contributed by atoms with Crippen molar-refractivity contribution in [2.45, 2.75) is 0 Å². The summed E-state index contributed by atoms with van der Waals surface area (Å²) in [5, 5.41) is 0. The first-order valence-corrected chi connectivity index (χ1v) is 2.76. The largest absolute Gasteiger partial charge is 0.0149 e. The standard InChI is InChI=1S/Na.H2O3Se.H4Si.H/c;1-4(2)3;;/h;(H2,1,2,3);1H4;. The van der Waals surface area contributed by atoms with Gasteiger partial charge in [-0.1, -0.05) is 0 Å². The van der Waals surface area contributed by atoms with Crippen LogP contribution in [0, 0.1) is 0 Å². The van der Waals surface area contributed by atoms with Gasteiger partial charge in [-0.3, -0.25) is 0 Å². The molecule has 0 aliphatic heterocycles. The molecule has 0 rings (SSSR count). The van der Waals surface area contributed by atoms with Crippen LogP contribution in [0.15, 0.2) is 0 Å². The van der Waals surface area contributed by atoms with Crippen molar-refractivity contribution < 1.29 is 12.2 Å². The Bertz CT molecular complexity index is 33.8. The zero-order valence-corrected chi connectivity index (χ0v) is 3.42. The van der Waals surface area contributed by atoms with E-state index in [-0.39, 0.29) is 40.5 Å². The fourth-order valence-corrected chi connectivity index (χ4v) is 0. The van der Waals surface area contributed by atoms with E-state index in [4.69, 9.17) is 12.2 Å². The van der Waals surface area contributed by atoms with Crippen LogP contribution in [0.4, 0.5) is 0 Å². The molecule has 2 N–H and O–H groups in total. The van der Waals surface area contributed by atoms with E-state index in [1.54, 1.807) is 0 Å². The second-order valence-electron chi connectivity index (χ2n) is 0.231. The van der Waals surface area contributed by atoms with Gasteiger partial charge < -0.3 is 0 Å². The van der Waals surface area contributed by atoms with Gasteiger partial charge in [0.15, 0.2) is 0 Å². The molecule has 0 aliphatic carbocycles. The van der Waals surface area contributed by atoms with Crippen LogP contribution in [0.2, 0.25) is 0 Å². The van der Waals surface area contributed by atoms with Crippen molar-refractivity contribution >= 4 is 55.0 Å². The summed E-state index contributed by atoms with van der Waals surface area (Å²) in [5.41, 5.74) is 0. The average molecular weight is 185 g/mol. The van der Waals surface area contributed by atoms with Gasteiger partial charge in [-0.05, 0) is 11.0 Å². The van der Waals surface area contributed by atoms with Gasteiger partial charge in [0, 0.05) is 0 Å². The van der Waals surface area contributed by atoms with Crippen molar-refractivity contribution in [3.05, 3.63) is 0 Å². The predicted octanol–water partition coefficient (Wildman–Crippen LogP) is -3.71. The molecule has 0 amide bonds. The second kappa shape index (κ2) is 9.68. The van der Waals surface area contributed by atoms with E-state index in [0.29, 0.717) is 0 Å². The Morgan fingerprint density at radius 2 is 1.33 bits per heavy atom. The third-order valence-electron chi connectivity index (χ3n) is 0. The quantitative estimate of drug-likeness (QED) is 0.382. The van der Waals surface area contributed by atoms with Crippen LogP contribution >= 0.6 is 0 Å². The maximum absolute atomic E-state index is 8.76. The number of hydrogen-bond donors (Lipinski definition) is 2. The van der Waals surface area contributed by atoms with E-state index in [0.717, 1.165) is 0 Å². The molecule has 0 aromatic rings. The van der Waals surface area contributed by atoms with Gasteiger partial charge in [0.2, 0.25) is 0 Å². The Labute approximate surface area is 66.8 Å². The number of hydrogen-bond acceptors (Lipinski definition) is 1. The fourth-order valence-electron chi connectivity index (χ4n) is 0. The zero-order valence-electron chi connectivity index (χ0n) is 1.71. The zero-order chi connectivity index (χ0) is 3.58. The molecule has 0 saturated carbocycles. The third-order valence-corrected chi connectivity index (χ3v) is 0. The molecule has 6 heteroatoms. The first-order valence-electron chi connectivity index (χ1n) is 0.532. The van der Waals surface area contributed by atoms with E-state index in [1.807, 2.05) is 0 Å². The van der Waals surface area contributed by atoms with Gasteiger partial charge in [-0.15, -0.1) is 0 Å². The summed E-state index contributed by atoms with van der Waals surface area (Å²) in [6, 6.07) is 0. The second-order valence-corrected chi connectivity index (χ2v) is 1.20. The monoisotopic (exact) mass is 186 g/mol. The molecule has 0 fully saturated rings. The molecule has 6 heavy (non-hydrogen) atoms. The molecule has 0 aromatic heterocycles. The van der Waals surface area contributed by atoms with E-state index in [1.165, 1.54) is 0 Å². The Hall–Kier alpha value is 1.46. The maximum atomic E-state index is 8.76. The SMILES string of the molecule is O=[Se](O)O.[NaH].[SiH4]. The molecule has 0 atom stereocenters.